The summed E-state index contributed by atoms with van der Waals surface area (Å²) in [5.74, 6) is -1.22. The number of sulfonamides is 1. The molecule has 2 amide bonds. The molecular weight excluding hydrogens is 388 g/mol. The van der Waals surface area contributed by atoms with Gasteiger partial charge in [0.05, 0.1) is 21.9 Å². The molecule has 142 valence electrons. The molecule has 8 heteroatoms. The highest BCUT2D eigenvalue weighted by Crippen LogP contribution is 2.39. The molecule has 2 aromatic rings. The number of amides is 2. The zero-order valence-electron chi connectivity index (χ0n) is 15.1. The summed E-state index contributed by atoms with van der Waals surface area (Å²) in [6, 6.07) is 13.3. The summed E-state index contributed by atoms with van der Waals surface area (Å²) in [6.45, 7) is 3.14. The fraction of sp³-hybridized carbons (Fsp3) is 0.263. The van der Waals surface area contributed by atoms with Crippen LogP contribution in [0.2, 0.25) is 5.02 Å². The molecule has 1 saturated heterocycles. The van der Waals surface area contributed by atoms with E-state index < -0.39 is 21.3 Å². The van der Waals surface area contributed by atoms with Crippen LogP contribution in [-0.4, -0.2) is 33.0 Å². The van der Waals surface area contributed by atoms with Crippen LogP contribution in [0.5, 0.6) is 0 Å². The molecule has 0 bridgehead atoms. The van der Waals surface area contributed by atoms with Crippen molar-refractivity contribution in [1.82, 2.24) is 0 Å². The Labute approximate surface area is 163 Å². The van der Waals surface area contributed by atoms with Crippen LogP contribution in [0.3, 0.4) is 0 Å². The Hall–Kier alpha value is -2.38. The van der Waals surface area contributed by atoms with Crippen molar-refractivity contribution in [2.75, 3.05) is 22.0 Å². The van der Waals surface area contributed by atoms with Gasteiger partial charge in [-0.05, 0) is 44.2 Å². The summed E-state index contributed by atoms with van der Waals surface area (Å²) in [4.78, 5) is 26.9. The highest BCUT2D eigenvalue weighted by molar-refractivity contribution is 7.94. The average Bonchev–Trinajstić information content (AvgIpc) is 2.78. The van der Waals surface area contributed by atoms with Crippen molar-refractivity contribution < 1.29 is 18.0 Å². The van der Waals surface area contributed by atoms with Gasteiger partial charge in [0.25, 0.3) is 5.91 Å². The number of hydrogen-bond donors (Lipinski definition) is 0. The van der Waals surface area contributed by atoms with Gasteiger partial charge in [-0.1, -0.05) is 29.8 Å². The van der Waals surface area contributed by atoms with E-state index in [0.717, 1.165) is 0 Å². The Kier molecular flexibility index (Phi) is 4.78. The predicted molar refractivity (Wildman–Crippen MR) is 106 cm³/mol. The highest BCUT2D eigenvalue weighted by Gasteiger charge is 2.50. The Morgan fingerprint density at radius 1 is 1.15 bits per heavy atom. The molecule has 1 fully saturated rings. The van der Waals surface area contributed by atoms with Crippen LogP contribution in [0.1, 0.15) is 24.2 Å². The number of hydrogen-bond acceptors (Lipinski definition) is 4. The minimum Gasteiger partial charge on any atom is -0.311 e. The fourth-order valence-electron chi connectivity index (χ4n) is 3.01. The van der Waals surface area contributed by atoms with Gasteiger partial charge in [-0.3, -0.25) is 9.59 Å². The molecule has 0 unspecified atom stereocenters. The van der Waals surface area contributed by atoms with Crippen molar-refractivity contribution in [2.24, 2.45) is 5.41 Å². The van der Waals surface area contributed by atoms with Gasteiger partial charge in [-0.15, -0.1) is 0 Å². The van der Waals surface area contributed by atoms with Gasteiger partial charge in [0.15, 0.2) is 0 Å². The van der Waals surface area contributed by atoms with E-state index in [9.17, 15) is 18.0 Å². The van der Waals surface area contributed by atoms with Crippen LogP contribution in [0, 0.1) is 5.41 Å². The molecule has 0 N–H and O–H groups in total. The quantitative estimate of drug-likeness (QED) is 0.783. The molecule has 0 spiro atoms. The summed E-state index contributed by atoms with van der Waals surface area (Å²) in [5.41, 5.74) is -0.138. The van der Waals surface area contributed by atoms with Crippen molar-refractivity contribution >= 4 is 44.8 Å². The maximum Gasteiger partial charge on any atom is 0.258 e. The molecule has 0 radical (unpaired) electrons. The smallest absolute Gasteiger partial charge is 0.258 e. The van der Waals surface area contributed by atoms with Crippen molar-refractivity contribution in [2.45, 2.75) is 13.8 Å². The van der Waals surface area contributed by atoms with E-state index in [1.54, 1.807) is 33.0 Å². The summed E-state index contributed by atoms with van der Waals surface area (Å²) in [5, 5.41) is 0.0866. The molecule has 0 aromatic heterocycles. The first-order chi connectivity index (χ1) is 12.5. The number of rotatable bonds is 3. The third-order valence-electron chi connectivity index (χ3n) is 4.44. The number of halogens is 1. The number of para-hydroxylation sites is 1. The van der Waals surface area contributed by atoms with Gasteiger partial charge in [-0.25, -0.2) is 12.7 Å². The Morgan fingerprint density at radius 2 is 1.78 bits per heavy atom. The predicted octanol–water partition coefficient (Wildman–Crippen LogP) is 3.32. The van der Waals surface area contributed by atoms with E-state index in [1.165, 1.54) is 23.1 Å². The lowest BCUT2D eigenvalue weighted by molar-refractivity contribution is -0.123. The zero-order chi connectivity index (χ0) is 20.0. The molecular formula is C19H19ClN2O4S. The molecule has 2 aromatic carbocycles. The van der Waals surface area contributed by atoms with Gasteiger partial charge in [0.1, 0.15) is 0 Å². The van der Waals surface area contributed by atoms with E-state index in [2.05, 4.69) is 0 Å². The first kappa shape index (κ1) is 19.4. The van der Waals surface area contributed by atoms with E-state index in [0.29, 0.717) is 9.99 Å². The molecule has 27 heavy (non-hydrogen) atoms. The lowest BCUT2D eigenvalue weighted by Crippen LogP contribution is -2.33. The third kappa shape index (κ3) is 3.44. The largest absolute Gasteiger partial charge is 0.311 e. The van der Waals surface area contributed by atoms with Gasteiger partial charge in [-0.2, -0.15) is 0 Å². The van der Waals surface area contributed by atoms with E-state index in [1.807, 2.05) is 18.2 Å². The maximum atomic E-state index is 12.8. The van der Waals surface area contributed by atoms with Gasteiger partial charge < -0.3 is 4.90 Å². The highest BCUT2D eigenvalue weighted by atomic mass is 35.5. The van der Waals surface area contributed by atoms with Crippen LogP contribution in [0.4, 0.5) is 11.4 Å². The average molecular weight is 407 g/mol. The number of nitrogens with zero attached hydrogens (tertiary/aromatic N) is 2. The molecule has 0 saturated carbocycles. The summed E-state index contributed by atoms with van der Waals surface area (Å²) < 4.78 is 25.8. The zero-order valence-corrected chi connectivity index (χ0v) is 16.7. The number of anilines is 2. The van der Waals surface area contributed by atoms with E-state index in [-0.39, 0.29) is 27.9 Å². The molecule has 3 rings (SSSR count). The lowest BCUT2D eigenvalue weighted by atomic mass is 9.95. The molecule has 0 atom stereocenters. The van der Waals surface area contributed by atoms with Crippen LogP contribution >= 0.6 is 11.6 Å². The van der Waals surface area contributed by atoms with Crippen LogP contribution in [0.25, 0.3) is 0 Å². The number of carbonyl (C=O) groups excluding carboxylic acids is 2. The first-order valence-corrected chi connectivity index (χ1v) is 10.2. The van der Waals surface area contributed by atoms with Crippen molar-refractivity contribution in [3.63, 3.8) is 0 Å². The third-order valence-corrected chi connectivity index (χ3v) is 6.77. The monoisotopic (exact) mass is 406 g/mol. The lowest BCUT2D eigenvalue weighted by Gasteiger charge is -2.21. The minimum absolute atomic E-state index is 0.000414. The standard InChI is InChI=1S/C19H19ClN2O4S/c1-19(2)12-27(25,26)22(18(19)24)16-11-13(9-10-15(16)20)17(23)21(3)14-7-5-4-6-8-14/h4-11H,12H2,1-3H3. The van der Waals surface area contributed by atoms with Gasteiger partial charge in [0.2, 0.25) is 15.9 Å². The Balaban J connectivity index is 2.03. The number of benzene rings is 2. The second-order valence-electron chi connectivity index (χ2n) is 7.08. The molecule has 1 aliphatic heterocycles. The summed E-state index contributed by atoms with van der Waals surface area (Å²) in [6.07, 6.45) is 0. The first-order valence-electron chi connectivity index (χ1n) is 8.25. The second-order valence-corrected chi connectivity index (χ2v) is 9.30. The van der Waals surface area contributed by atoms with Gasteiger partial charge in [0, 0.05) is 18.3 Å². The van der Waals surface area contributed by atoms with Crippen molar-refractivity contribution in [1.29, 1.82) is 0 Å². The van der Waals surface area contributed by atoms with Crippen molar-refractivity contribution in [3.8, 4) is 0 Å². The molecule has 0 aliphatic carbocycles. The van der Waals surface area contributed by atoms with E-state index in [4.69, 9.17) is 11.6 Å². The summed E-state index contributed by atoms with van der Waals surface area (Å²) in [7, 11) is -2.24. The molecule has 1 aliphatic rings. The SMILES string of the molecule is CN(C(=O)c1ccc(Cl)c(N2C(=O)C(C)(C)CS2(=O)=O)c1)c1ccccc1. The van der Waals surface area contributed by atoms with Crippen LogP contribution in [-0.2, 0) is 14.8 Å². The van der Waals surface area contributed by atoms with Gasteiger partial charge >= 0.3 is 0 Å². The maximum absolute atomic E-state index is 12.8. The number of carbonyl (C=O) groups is 2. The topological polar surface area (TPSA) is 74.8 Å². The van der Waals surface area contributed by atoms with Crippen LogP contribution in [0.15, 0.2) is 48.5 Å². The van der Waals surface area contributed by atoms with Crippen LogP contribution < -0.4 is 9.21 Å². The normalized spacial score (nSPS) is 17.8. The van der Waals surface area contributed by atoms with E-state index >= 15 is 0 Å². The molecule has 1 heterocycles. The Bertz CT molecular complexity index is 1020. The summed E-state index contributed by atoms with van der Waals surface area (Å²) >= 11 is 6.18. The molecule has 6 nitrogen and oxygen atoms in total. The second kappa shape index (κ2) is 6.65. The minimum atomic E-state index is -3.86. The fourth-order valence-corrected chi connectivity index (χ4v) is 5.37. The Morgan fingerprint density at radius 3 is 2.33 bits per heavy atom. The van der Waals surface area contributed by atoms with Crippen molar-refractivity contribution in [3.05, 3.63) is 59.1 Å².